The Morgan fingerprint density at radius 2 is 1.58 bits per heavy atom. The Kier molecular flexibility index (Phi) is 14.1. The maximum Gasteiger partial charge on any atom is 0.262 e. The largest absolute Gasteiger partial charge is 0.484 e. The molecule has 0 unspecified atom stereocenters. The summed E-state index contributed by atoms with van der Waals surface area (Å²) in [7, 11) is 1.49. The molecule has 1 N–H and O–H groups in total. The third kappa shape index (κ3) is 12.4. The minimum absolute atomic E-state index is 0.00594. The number of carbonyl (C=O) groups is 1. The van der Waals surface area contributed by atoms with Crippen LogP contribution in [-0.4, -0.2) is 19.8 Å². The molecule has 0 aromatic rings. The molecule has 3 nitrogen and oxygen atoms in total. The highest BCUT2D eigenvalue weighted by Gasteiger charge is 2.22. The summed E-state index contributed by atoms with van der Waals surface area (Å²) in [6.07, 6.45) is 27.7. The Bertz CT molecular complexity index is 636. The van der Waals surface area contributed by atoms with E-state index in [4.69, 9.17) is 4.74 Å². The fraction of sp³-hybridized carbons (Fsp3) is 0.690. The Labute approximate surface area is 204 Å². The zero-order valence-corrected chi connectivity index (χ0v) is 21.3. The van der Waals surface area contributed by atoms with Gasteiger partial charge in [0.05, 0.1) is 0 Å². The van der Waals surface area contributed by atoms with Crippen LogP contribution in [-0.2, 0) is 9.53 Å². The molecule has 2 aliphatic carbocycles. The van der Waals surface area contributed by atoms with Gasteiger partial charge in [0.2, 0.25) is 0 Å². The molecule has 4 heteroatoms. The normalized spacial score (nSPS) is 23.6. The average Bonchev–Trinajstić information content (AvgIpc) is 2.76. The predicted molar refractivity (Wildman–Crippen MR) is 144 cm³/mol. The van der Waals surface area contributed by atoms with Gasteiger partial charge in [0, 0.05) is 5.70 Å². The number of hydrogen-bond donors (Lipinski definition) is 1. The second kappa shape index (κ2) is 16.8. The highest BCUT2D eigenvalue weighted by molar-refractivity contribution is 6.39. The molecule has 184 valence electrons. The molecular formula is C29H48BNO2. The van der Waals surface area contributed by atoms with E-state index in [1.807, 2.05) is 13.0 Å². The van der Waals surface area contributed by atoms with E-state index in [2.05, 4.69) is 18.5 Å². The van der Waals surface area contributed by atoms with E-state index in [0.29, 0.717) is 5.76 Å². The van der Waals surface area contributed by atoms with Gasteiger partial charge in [-0.25, -0.2) is 0 Å². The number of amides is 1. The summed E-state index contributed by atoms with van der Waals surface area (Å²) in [4.78, 5) is 12.2. The van der Waals surface area contributed by atoms with Gasteiger partial charge < -0.3 is 10.1 Å². The maximum absolute atomic E-state index is 12.2. The van der Waals surface area contributed by atoms with Crippen LogP contribution < -0.4 is 5.32 Å². The van der Waals surface area contributed by atoms with Crippen molar-refractivity contribution in [3.8, 4) is 0 Å². The molecule has 0 aromatic carbocycles. The Morgan fingerprint density at radius 1 is 0.970 bits per heavy atom. The van der Waals surface area contributed by atoms with Crippen LogP contribution in [0.15, 0.2) is 48.9 Å². The molecule has 2 fully saturated rings. The molecule has 0 radical (unpaired) electrons. The van der Waals surface area contributed by atoms with Gasteiger partial charge in [-0.2, -0.15) is 0 Å². The van der Waals surface area contributed by atoms with E-state index in [1.165, 1.54) is 90.8 Å². The van der Waals surface area contributed by atoms with Gasteiger partial charge in [0.15, 0.2) is 6.61 Å². The van der Waals surface area contributed by atoms with Crippen LogP contribution in [0.5, 0.6) is 0 Å². The molecular weight excluding hydrogens is 405 g/mol. The Hall–Kier alpha value is -1.71. The van der Waals surface area contributed by atoms with Crippen LogP contribution >= 0.6 is 0 Å². The lowest BCUT2D eigenvalue weighted by Crippen LogP contribution is -2.26. The number of ether oxygens (including phenoxy) is 1. The van der Waals surface area contributed by atoms with E-state index >= 15 is 0 Å². The lowest BCUT2D eigenvalue weighted by Gasteiger charge is -2.28. The third-order valence-electron chi connectivity index (χ3n) is 7.56. The zero-order chi connectivity index (χ0) is 23.7. The van der Waals surface area contributed by atoms with Crippen LogP contribution in [0, 0.1) is 5.92 Å². The third-order valence-corrected chi connectivity index (χ3v) is 7.56. The van der Waals surface area contributed by atoms with Crippen molar-refractivity contribution in [2.75, 3.05) is 6.61 Å². The molecule has 0 bridgehead atoms. The van der Waals surface area contributed by atoms with Gasteiger partial charge >= 0.3 is 0 Å². The van der Waals surface area contributed by atoms with Gasteiger partial charge in [-0.3, -0.25) is 4.79 Å². The van der Waals surface area contributed by atoms with Gasteiger partial charge in [-0.1, -0.05) is 120 Å². The second-order valence-electron chi connectivity index (χ2n) is 10.3. The SMILES string of the molecule is C=C/C=C\C(=C/C)OCC(=O)NC(=C)CCC1CCCC(BC2CCCCCCC2)CCC1. The molecule has 0 heterocycles. The van der Waals surface area contributed by atoms with E-state index in [1.54, 1.807) is 18.2 Å². The average molecular weight is 454 g/mol. The molecule has 0 atom stereocenters. The predicted octanol–water partition coefficient (Wildman–Crippen LogP) is 7.79. The number of carbonyl (C=O) groups excluding carboxylic acids is 1. The van der Waals surface area contributed by atoms with Crippen LogP contribution in [0.4, 0.5) is 0 Å². The first-order valence-electron chi connectivity index (χ1n) is 13.7. The smallest absolute Gasteiger partial charge is 0.262 e. The quantitative estimate of drug-likeness (QED) is 0.197. The van der Waals surface area contributed by atoms with E-state index in [0.717, 1.165) is 36.1 Å². The summed E-state index contributed by atoms with van der Waals surface area (Å²) in [6.45, 7) is 9.61. The van der Waals surface area contributed by atoms with E-state index in [-0.39, 0.29) is 12.5 Å². The summed E-state index contributed by atoms with van der Waals surface area (Å²) in [5.41, 5.74) is 0.816. The lowest BCUT2D eigenvalue weighted by atomic mass is 9.49. The molecule has 1 amide bonds. The molecule has 2 rings (SSSR count). The van der Waals surface area contributed by atoms with Crippen molar-refractivity contribution in [3.63, 3.8) is 0 Å². The van der Waals surface area contributed by atoms with Crippen molar-refractivity contribution in [1.29, 1.82) is 0 Å². The maximum atomic E-state index is 12.2. The van der Waals surface area contributed by atoms with Crippen LogP contribution in [0.2, 0.25) is 11.6 Å². The first-order chi connectivity index (χ1) is 16.1. The Morgan fingerprint density at radius 3 is 2.18 bits per heavy atom. The summed E-state index contributed by atoms with van der Waals surface area (Å²) >= 11 is 0. The van der Waals surface area contributed by atoms with Crippen molar-refractivity contribution >= 4 is 13.2 Å². The summed E-state index contributed by atoms with van der Waals surface area (Å²) in [5, 5.41) is 2.92. The van der Waals surface area contributed by atoms with Crippen molar-refractivity contribution in [2.24, 2.45) is 5.92 Å². The van der Waals surface area contributed by atoms with Crippen LogP contribution in [0.25, 0.3) is 0 Å². The standard InChI is InChI=1S/C29H48BNO2/c1-4-6-20-28(5-2)33-23-29(32)31-24(3)21-22-25-14-12-18-27(19-13-15-25)30-26-16-10-8-7-9-11-17-26/h4-6,20,25-27,30H,1,3,7-19,21-23H2,2H3,(H,31,32)/b20-6-,28-5+. The first kappa shape index (κ1) is 27.5. The van der Waals surface area contributed by atoms with Gasteiger partial charge in [0.1, 0.15) is 13.0 Å². The van der Waals surface area contributed by atoms with Crippen LogP contribution in [0.1, 0.15) is 103 Å². The first-order valence-corrected chi connectivity index (χ1v) is 13.7. The molecule has 0 aliphatic heterocycles. The summed E-state index contributed by atoms with van der Waals surface area (Å²) in [6, 6.07) is 0. The zero-order valence-electron chi connectivity index (χ0n) is 21.3. The summed E-state index contributed by atoms with van der Waals surface area (Å²) in [5.74, 6) is 3.27. The number of hydrogen-bond acceptors (Lipinski definition) is 2. The van der Waals surface area contributed by atoms with Gasteiger partial charge in [0.25, 0.3) is 5.91 Å². The van der Waals surface area contributed by atoms with Crippen molar-refractivity contribution in [3.05, 3.63) is 48.9 Å². The lowest BCUT2D eigenvalue weighted by molar-refractivity contribution is -0.123. The molecule has 0 aromatic heterocycles. The number of rotatable bonds is 11. The highest BCUT2D eigenvalue weighted by Crippen LogP contribution is 2.36. The van der Waals surface area contributed by atoms with E-state index < -0.39 is 0 Å². The minimum atomic E-state index is -0.138. The topological polar surface area (TPSA) is 38.3 Å². The molecule has 0 spiro atoms. The number of nitrogens with one attached hydrogen (secondary N) is 1. The summed E-state index contributed by atoms with van der Waals surface area (Å²) < 4.78 is 5.53. The van der Waals surface area contributed by atoms with Crippen molar-refractivity contribution in [2.45, 2.75) is 115 Å². The second-order valence-corrected chi connectivity index (χ2v) is 10.3. The fourth-order valence-electron chi connectivity index (χ4n) is 5.66. The molecule has 2 aliphatic rings. The van der Waals surface area contributed by atoms with Crippen LogP contribution in [0.3, 0.4) is 0 Å². The van der Waals surface area contributed by atoms with Crippen molar-refractivity contribution in [1.82, 2.24) is 5.32 Å². The van der Waals surface area contributed by atoms with Crippen molar-refractivity contribution < 1.29 is 9.53 Å². The van der Waals surface area contributed by atoms with E-state index in [9.17, 15) is 4.79 Å². The fourth-order valence-corrected chi connectivity index (χ4v) is 5.66. The highest BCUT2D eigenvalue weighted by atomic mass is 16.5. The molecule has 0 saturated heterocycles. The monoisotopic (exact) mass is 453 g/mol. The molecule has 2 saturated carbocycles. The molecule has 33 heavy (non-hydrogen) atoms. The van der Waals surface area contributed by atoms with Gasteiger partial charge in [-0.15, -0.1) is 0 Å². The number of allylic oxidation sites excluding steroid dienone is 5. The minimum Gasteiger partial charge on any atom is -0.484 e. The van der Waals surface area contributed by atoms with Gasteiger partial charge in [-0.05, 0) is 37.8 Å². The Balaban J connectivity index is 1.62.